The van der Waals surface area contributed by atoms with Crippen LogP contribution in [0.4, 0.5) is 9.93 Å². The summed E-state index contributed by atoms with van der Waals surface area (Å²) in [7, 11) is 0. The van der Waals surface area contributed by atoms with E-state index in [2.05, 4.69) is 41.6 Å². The molecule has 4 amide bonds. The van der Waals surface area contributed by atoms with E-state index in [1.165, 1.54) is 22.5 Å². The number of hydrogen-bond donors (Lipinski definition) is 2. The summed E-state index contributed by atoms with van der Waals surface area (Å²) in [5, 5.41) is 7.97. The maximum absolute atomic E-state index is 13.0. The maximum atomic E-state index is 13.0. The first kappa shape index (κ1) is 21.5. The standard InChI is InChI=1S/C23H28N4O3S/c1-13-9-15(3)17(10-14(13)2)18-12-31-21(24-18)25-19(28)11-27-20(29)23(26-22(27)30)8-6-5-7-16(23)4/h9-10,12,16H,5-8,11H2,1-4H3,(H,26,30)(H,24,25,28). The predicted molar refractivity (Wildman–Crippen MR) is 121 cm³/mol. The van der Waals surface area contributed by atoms with Crippen LogP contribution in [0.3, 0.4) is 0 Å². The topological polar surface area (TPSA) is 91.4 Å². The van der Waals surface area contributed by atoms with Crippen molar-refractivity contribution in [1.82, 2.24) is 15.2 Å². The molecule has 1 spiro atoms. The Morgan fingerprint density at radius 2 is 1.97 bits per heavy atom. The number of rotatable bonds is 4. The van der Waals surface area contributed by atoms with Gasteiger partial charge in [-0.25, -0.2) is 9.78 Å². The number of urea groups is 1. The SMILES string of the molecule is Cc1cc(C)c(-c2csc(NC(=O)CN3C(=O)NC4(CCCCC4C)C3=O)n2)cc1C. The number of aromatic nitrogens is 1. The molecule has 2 N–H and O–H groups in total. The lowest BCUT2D eigenvalue weighted by molar-refractivity contribution is -0.136. The van der Waals surface area contributed by atoms with Gasteiger partial charge >= 0.3 is 6.03 Å². The highest BCUT2D eigenvalue weighted by atomic mass is 32.1. The first-order chi connectivity index (χ1) is 14.7. The van der Waals surface area contributed by atoms with E-state index in [1.807, 2.05) is 19.2 Å². The number of nitrogens with zero attached hydrogens (tertiary/aromatic N) is 2. The van der Waals surface area contributed by atoms with Crippen LogP contribution < -0.4 is 10.6 Å². The molecule has 31 heavy (non-hydrogen) atoms. The third-order valence-corrected chi connectivity index (χ3v) is 7.43. The molecule has 2 heterocycles. The number of carbonyl (C=O) groups is 3. The summed E-state index contributed by atoms with van der Waals surface area (Å²) in [6.07, 6.45) is 3.48. The van der Waals surface area contributed by atoms with E-state index in [0.29, 0.717) is 11.6 Å². The number of benzene rings is 1. The molecule has 1 aliphatic heterocycles. The highest BCUT2D eigenvalue weighted by molar-refractivity contribution is 7.14. The Kier molecular flexibility index (Phi) is 5.60. The van der Waals surface area contributed by atoms with Gasteiger partial charge in [0.1, 0.15) is 12.1 Å². The van der Waals surface area contributed by atoms with E-state index >= 15 is 0 Å². The largest absolute Gasteiger partial charge is 0.325 e. The van der Waals surface area contributed by atoms with Crippen molar-refractivity contribution >= 4 is 34.3 Å². The van der Waals surface area contributed by atoms with Crippen molar-refractivity contribution in [3.63, 3.8) is 0 Å². The monoisotopic (exact) mass is 440 g/mol. The van der Waals surface area contributed by atoms with Crippen LogP contribution in [-0.4, -0.2) is 39.8 Å². The van der Waals surface area contributed by atoms with Gasteiger partial charge in [-0.1, -0.05) is 25.8 Å². The third kappa shape index (κ3) is 3.84. The molecule has 0 bridgehead atoms. The minimum absolute atomic E-state index is 0.0634. The summed E-state index contributed by atoms with van der Waals surface area (Å²) >= 11 is 1.33. The zero-order valence-corrected chi connectivity index (χ0v) is 19.2. The van der Waals surface area contributed by atoms with Gasteiger partial charge in [0.15, 0.2) is 5.13 Å². The molecule has 2 aromatic rings. The molecule has 164 valence electrons. The van der Waals surface area contributed by atoms with E-state index in [4.69, 9.17) is 0 Å². The molecule has 7 nitrogen and oxygen atoms in total. The summed E-state index contributed by atoms with van der Waals surface area (Å²) in [4.78, 5) is 43.7. The van der Waals surface area contributed by atoms with Gasteiger partial charge in [0.25, 0.3) is 5.91 Å². The predicted octanol–water partition coefficient (Wildman–Crippen LogP) is 4.17. The van der Waals surface area contributed by atoms with Crippen LogP contribution in [0, 0.1) is 26.7 Å². The van der Waals surface area contributed by atoms with Gasteiger partial charge < -0.3 is 10.6 Å². The maximum Gasteiger partial charge on any atom is 0.325 e. The summed E-state index contributed by atoms with van der Waals surface area (Å²) in [5.41, 5.74) is 4.50. The highest BCUT2D eigenvalue weighted by Gasteiger charge is 2.55. The Hall–Kier alpha value is -2.74. The van der Waals surface area contributed by atoms with Crippen LogP contribution in [-0.2, 0) is 9.59 Å². The molecule has 2 unspecified atom stereocenters. The molecule has 1 aromatic heterocycles. The van der Waals surface area contributed by atoms with E-state index in [0.717, 1.165) is 41.0 Å². The average Bonchev–Trinajstić information content (AvgIpc) is 3.26. The molecule has 1 aromatic carbocycles. The lowest BCUT2D eigenvalue weighted by Gasteiger charge is -2.36. The van der Waals surface area contributed by atoms with E-state index in [1.54, 1.807) is 0 Å². The van der Waals surface area contributed by atoms with Crippen molar-refractivity contribution < 1.29 is 14.4 Å². The summed E-state index contributed by atoms with van der Waals surface area (Å²) in [5.74, 6) is -0.652. The summed E-state index contributed by atoms with van der Waals surface area (Å²) in [6, 6.07) is 3.74. The van der Waals surface area contributed by atoms with Crippen molar-refractivity contribution in [2.45, 2.75) is 58.9 Å². The molecular weight excluding hydrogens is 412 g/mol. The second kappa shape index (κ2) is 8.07. The number of anilines is 1. The molecular formula is C23H28N4O3S. The molecule has 1 aliphatic carbocycles. The second-order valence-corrected chi connectivity index (χ2v) is 9.64. The molecule has 0 radical (unpaired) electrons. The number of aryl methyl sites for hydroxylation is 3. The van der Waals surface area contributed by atoms with Crippen molar-refractivity contribution in [1.29, 1.82) is 0 Å². The van der Waals surface area contributed by atoms with Gasteiger partial charge in [0, 0.05) is 10.9 Å². The smallest absolute Gasteiger partial charge is 0.323 e. The number of hydrogen-bond acceptors (Lipinski definition) is 5. The molecule has 2 fully saturated rings. The van der Waals surface area contributed by atoms with Gasteiger partial charge in [-0.15, -0.1) is 11.3 Å². The highest BCUT2D eigenvalue weighted by Crippen LogP contribution is 2.38. The molecule has 2 aliphatic rings. The third-order valence-electron chi connectivity index (χ3n) is 6.67. The minimum Gasteiger partial charge on any atom is -0.323 e. The fourth-order valence-electron chi connectivity index (χ4n) is 4.63. The second-order valence-electron chi connectivity index (χ2n) is 8.78. The fraction of sp³-hybridized carbons (Fsp3) is 0.478. The van der Waals surface area contributed by atoms with E-state index < -0.39 is 17.5 Å². The van der Waals surface area contributed by atoms with Crippen LogP contribution in [0.15, 0.2) is 17.5 Å². The Morgan fingerprint density at radius 1 is 1.23 bits per heavy atom. The lowest BCUT2D eigenvalue weighted by Crippen LogP contribution is -2.54. The molecule has 1 saturated carbocycles. The summed E-state index contributed by atoms with van der Waals surface area (Å²) in [6.45, 7) is 7.86. The van der Waals surface area contributed by atoms with E-state index in [-0.39, 0.29) is 18.4 Å². The first-order valence-electron chi connectivity index (χ1n) is 10.7. The van der Waals surface area contributed by atoms with Gasteiger partial charge in [-0.2, -0.15) is 0 Å². The first-order valence-corrected chi connectivity index (χ1v) is 11.6. The molecule has 1 saturated heterocycles. The Morgan fingerprint density at radius 3 is 2.71 bits per heavy atom. The van der Waals surface area contributed by atoms with Gasteiger partial charge in [0.05, 0.1) is 5.69 Å². The van der Waals surface area contributed by atoms with Gasteiger partial charge in [-0.05, 0) is 62.3 Å². The minimum atomic E-state index is -0.856. The van der Waals surface area contributed by atoms with Crippen LogP contribution in [0.1, 0.15) is 49.3 Å². The summed E-state index contributed by atoms with van der Waals surface area (Å²) < 4.78 is 0. The zero-order valence-electron chi connectivity index (χ0n) is 18.4. The number of carbonyl (C=O) groups excluding carboxylic acids is 3. The Bertz CT molecular complexity index is 1060. The van der Waals surface area contributed by atoms with Gasteiger partial charge in [-0.3, -0.25) is 14.5 Å². The van der Waals surface area contributed by atoms with Crippen LogP contribution in [0.25, 0.3) is 11.3 Å². The fourth-order valence-corrected chi connectivity index (χ4v) is 5.36. The zero-order chi connectivity index (χ0) is 22.3. The normalized spacial score (nSPS) is 23.4. The lowest BCUT2D eigenvalue weighted by atomic mass is 9.73. The Labute approximate surface area is 186 Å². The van der Waals surface area contributed by atoms with Crippen molar-refractivity contribution in [2.24, 2.45) is 5.92 Å². The van der Waals surface area contributed by atoms with Crippen molar-refractivity contribution in [2.75, 3.05) is 11.9 Å². The molecule has 8 heteroatoms. The molecule has 2 atom stereocenters. The number of imide groups is 1. The number of amides is 4. The number of nitrogens with one attached hydrogen (secondary N) is 2. The van der Waals surface area contributed by atoms with E-state index in [9.17, 15) is 14.4 Å². The number of thiazole rings is 1. The van der Waals surface area contributed by atoms with Crippen molar-refractivity contribution in [3.8, 4) is 11.3 Å². The van der Waals surface area contributed by atoms with Crippen LogP contribution >= 0.6 is 11.3 Å². The quantitative estimate of drug-likeness (QED) is 0.698. The van der Waals surface area contributed by atoms with Crippen LogP contribution in [0.2, 0.25) is 0 Å². The van der Waals surface area contributed by atoms with Crippen LogP contribution in [0.5, 0.6) is 0 Å². The molecule has 4 rings (SSSR count). The van der Waals surface area contributed by atoms with Crippen molar-refractivity contribution in [3.05, 3.63) is 34.2 Å². The average molecular weight is 441 g/mol. The Balaban J connectivity index is 1.45. The van der Waals surface area contributed by atoms with Gasteiger partial charge in [0.2, 0.25) is 5.91 Å².